The standard InChI is InChI=1S/C15H23NO2/c1-3-7-13(2)10-11-16-15(17)18-12-14-8-5-4-6-9-14/h4-6,8-9,13H,3,7,10-12H2,1-2H3,(H,16,17)/t13-/m1/s1. The van der Waals surface area contributed by atoms with E-state index in [4.69, 9.17) is 4.74 Å². The lowest BCUT2D eigenvalue weighted by molar-refractivity contribution is 0.139. The molecule has 18 heavy (non-hydrogen) atoms. The molecule has 0 spiro atoms. The molecule has 1 atom stereocenters. The van der Waals surface area contributed by atoms with Crippen LogP contribution in [-0.2, 0) is 11.3 Å². The molecule has 3 heteroatoms. The van der Waals surface area contributed by atoms with E-state index in [1.54, 1.807) is 0 Å². The molecule has 0 aromatic heterocycles. The zero-order valence-corrected chi connectivity index (χ0v) is 11.3. The molecule has 3 nitrogen and oxygen atoms in total. The fourth-order valence-electron chi connectivity index (χ4n) is 1.83. The average molecular weight is 249 g/mol. The van der Waals surface area contributed by atoms with Crippen molar-refractivity contribution < 1.29 is 9.53 Å². The van der Waals surface area contributed by atoms with Crippen LogP contribution in [0.15, 0.2) is 30.3 Å². The summed E-state index contributed by atoms with van der Waals surface area (Å²) < 4.78 is 5.12. The summed E-state index contributed by atoms with van der Waals surface area (Å²) in [6.45, 7) is 5.41. The SMILES string of the molecule is CCC[C@@H](C)CCNC(=O)OCc1ccccc1. The van der Waals surface area contributed by atoms with Crippen molar-refractivity contribution in [3.05, 3.63) is 35.9 Å². The third kappa shape index (κ3) is 6.28. The van der Waals surface area contributed by atoms with E-state index in [1.807, 2.05) is 30.3 Å². The van der Waals surface area contributed by atoms with Gasteiger partial charge in [-0.05, 0) is 17.9 Å². The second-order valence-electron chi connectivity index (χ2n) is 4.67. The van der Waals surface area contributed by atoms with Crippen LogP contribution in [0.1, 0.15) is 38.7 Å². The highest BCUT2D eigenvalue weighted by Gasteiger charge is 2.04. The third-order valence-electron chi connectivity index (χ3n) is 2.90. The van der Waals surface area contributed by atoms with Crippen molar-refractivity contribution in [3.63, 3.8) is 0 Å². The van der Waals surface area contributed by atoms with Gasteiger partial charge >= 0.3 is 6.09 Å². The summed E-state index contributed by atoms with van der Waals surface area (Å²) in [5, 5.41) is 2.78. The smallest absolute Gasteiger partial charge is 0.407 e. The van der Waals surface area contributed by atoms with Crippen LogP contribution in [0, 0.1) is 5.92 Å². The Hall–Kier alpha value is -1.51. The minimum Gasteiger partial charge on any atom is -0.445 e. The van der Waals surface area contributed by atoms with Crippen molar-refractivity contribution in [1.29, 1.82) is 0 Å². The third-order valence-corrected chi connectivity index (χ3v) is 2.90. The van der Waals surface area contributed by atoms with Crippen molar-refractivity contribution in [2.45, 2.75) is 39.7 Å². The van der Waals surface area contributed by atoms with Crippen LogP contribution in [0.5, 0.6) is 0 Å². The van der Waals surface area contributed by atoms with Gasteiger partial charge in [0.25, 0.3) is 0 Å². The van der Waals surface area contributed by atoms with E-state index < -0.39 is 0 Å². The molecular formula is C15H23NO2. The fraction of sp³-hybridized carbons (Fsp3) is 0.533. The van der Waals surface area contributed by atoms with Gasteiger partial charge in [-0.3, -0.25) is 0 Å². The number of amides is 1. The number of hydrogen-bond acceptors (Lipinski definition) is 2. The van der Waals surface area contributed by atoms with Gasteiger partial charge in [-0.15, -0.1) is 0 Å². The summed E-state index contributed by atoms with van der Waals surface area (Å²) in [4.78, 5) is 11.4. The quantitative estimate of drug-likeness (QED) is 0.799. The molecule has 100 valence electrons. The Kier molecular flexibility index (Phi) is 6.92. The van der Waals surface area contributed by atoms with Crippen LogP contribution in [0.3, 0.4) is 0 Å². The van der Waals surface area contributed by atoms with Crippen LogP contribution in [0.4, 0.5) is 4.79 Å². The molecule has 0 bridgehead atoms. The molecule has 0 aliphatic carbocycles. The lowest BCUT2D eigenvalue weighted by Gasteiger charge is -2.11. The normalized spacial score (nSPS) is 11.9. The Morgan fingerprint density at radius 3 is 2.67 bits per heavy atom. The molecule has 0 radical (unpaired) electrons. The van der Waals surface area contributed by atoms with Crippen LogP contribution in [-0.4, -0.2) is 12.6 Å². The second-order valence-corrected chi connectivity index (χ2v) is 4.67. The highest BCUT2D eigenvalue weighted by Crippen LogP contribution is 2.08. The monoisotopic (exact) mass is 249 g/mol. The average Bonchev–Trinajstić information content (AvgIpc) is 2.38. The summed E-state index contributed by atoms with van der Waals surface area (Å²) in [5.74, 6) is 0.657. The highest BCUT2D eigenvalue weighted by atomic mass is 16.5. The van der Waals surface area contributed by atoms with Gasteiger partial charge in [-0.2, -0.15) is 0 Å². The van der Waals surface area contributed by atoms with Gasteiger partial charge in [0.1, 0.15) is 6.61 Å². The maximum Gasteiger partial charge on any atom is 0.407 e. The summed E-state index contributed by atoms with van der Waals surface area (Å²) in [5.41, 5.74) is 1.01. The fourth-order valence-corrected chi connectivity index (χ4v) is 1.83. The van der Waals surface area contributed by atoms with Gasteiger partial charge in [0, 0.05) is 6.54 Å². The number of carbonyl (C=O) groups excluding carboxylic acids is 1. The first-order chi connectivity index (χ1) is 8.72. The minimum absolute atomic E-state index is 0.331. The molecule has 1 aromatic carbocycles. The van der Waals surface area contributed by atoms with Gasteiger partial charge < -0.3 is 10.1 Å². The Bertz CT molecular complexity index is 338. The molecule has 0 saturated carbocycles. The predicted octanol–water partition coefficient (Wildman–Crippen LogP) is 3.74. The van der Waals surface area contributed by atoms with Crippen molar-refractivity contribution in [1.82, 2.24) is 5.32 Å². The molecule has 0 heterocycles. The van der Waals surface area contributed by atoms with Crippen LogP contribution >= 0.6 is 0 Å². The van der Waals surface area contributed by atoms with Gasteiger partial charge in [0.2, 0.25) is 0 Å². The predicted molar refractivity (Wildman–Crippen MR) is 73.3 cm³/mol. The zero-order chi connectivity index (χ0) is 13.2. The van der Waals surface area contributed by atoms with Crippen molar-refractivity contribution in [2.24, 2.45) is 5.92 Å². The Balaban J connectivity index is 2.11. The van der Waals surface area contributed by atoms with E-state index in [0.29, 0.717) is 19.1 Å². The lowest BCUT2D eigenvalue weighted by Crippen LogP contribution is -2.26. The van der Waals surface area contributed by atoms with Crippen molar-refractivity contribution in [3.8, 4) is 0 Å². The van der Waals surface area contributed by atoms with E-state index in [2.05, 4.69) is 19.2 Å². The van der Waals surface area contributed by atoms with Crippen molar-refractivity contribution in [2.75, 3.05) is 6.54 Å². The first-order valence-electron chi connectivity index (χ1n) is 6.67. The molecule has 1 amide bonds. The number of ether oxygens (including phenoxy) is 1. The molecule has 0 fully saturated rings. The van der Waals surface area contributed by atoms with E-state index in [-0.39, 0.29) is 6.09 Å². The number of hydrogen-bond donors (Lipinski definition) is 1. The number of benzene rings is 1. The topological polar surface area (TPSA) is 38.3 Å². The summed E-state index contributed by atoms with van der Waals surface area (Å²) in [6.07, 6.45) is 3.08. The zero-order valence-electron chi connectivity index (χ0n) is 11.3. The summed E-state index contributed by atoms with van der Waals surface area (Å²) in [6, 6.07) is 9.69. The highest BCUT2D eigenvalue weighted by molar-refractivity contribution is 5.67. The lowest BCUT2D eigenvalue weighted by atomic mass is 10.0. The van der Waals surface area contributed by atoms with Gasteiger partial charge in [0.15, 0.2) is 0 Å². The van der Waals surface area contributed by atoms with Crippen molar-refractivity contribution >= 4 is 6.09 Å². The van der Waals surface area contributed by atoms with E-state index in [9.17, 15) is 4.79 Å². The van der Waals surface area contributed by atoms with E-state index >= 15 is 0 Å². The molecule has 1 aromatic rings. The number of nitrogens with one attached hydrogen (secondary N) is 1. The van der Waals surface area contributed by atoms with Gasteiger partial charge in [0.05, 0.1) is 0 Å². The molecule has 0 aliphatic rings. The largest absolute Gasteiger partial charge is 0.445 e. The molecule has 1 N–H and O–H groups in total. The first kappa shape index (κ1) is 14.6. The second kappa shape index (κ2) is 8.56. The maximum absolute atomic E-state index is 11.4. The number of carbonyl (C=O) groups is 1. The molecule has 0 aliphatic heterocycles. The maximum atomic E-state index is 11.4. The van der Waals surface area contributed by atoms with Gasteiger partial charge in [-0.25, -0.2) is 4.79 Å². The summed E-state index contributed by atoms with van der Waals surface area (Å²) >= 11 is 0. The Morgan fingerprint density at radius 2 is 2.00 bits per heavy atom. The molecule has 0 saturated heterocycles. The van der Waals surface area contributed by atoms with E-state index in [1.165, 1.54) is 12.8 Å². The molecule has 0 unspecified atom stereocenters. The first-order valence-corrected chi connectivity index (χ1v) is 6.67. The molecule has 1 rings (SSSR count). The molecular weight excluding hydrogens is 226 g/mol. The number of rotatable bonds is 7. The van der Waals surface area contributed by atoms with Gasteiger partial charge in [-0.1, -0.05) is 57.0 Å². The van der Waals surface area contributed by atoms with E-state index in [0.717, 1.165) is 12.0 Å². The van der Waals surface area contributed by atoms with Crippen LogP contribution in [0.2, 0.25) is 0 Å². The minimum atomic E-state index is -0.331. The summed E-state index contributed by atoms with van der Waals surface area (Å²) in [7, 11) is 0. The Labute approximate surface area is 110 Å². The van der Waals surface area contributed by atoms with Crippen LogP contribution in [0.25, 0.3) is 0 Å². The number of alkyl carbamates (subject to hydrolysis) is 1. The van der Waals surface area contributed by atoms with Crippen LogP contribution < -0.4 is 5.32 Å². The Morgan fingerprint density at radius 1 is 1.28 bits per heavy atom.